The minimum absolute atomic E-state index is 0.000651. The van der Waals surface area contributed by atoms with Crippen molar-refractivity contribution in [2.45, 2.75) is 38.3 Å². The molecule has 1 saturated heterocycles. The first kappa shape index (κ1) is 13.7. The van der Waals surface area contributed by atoms with Gasteiger partial charge in [-0.05, 0) is 31.0 Å². The number of benzene rings is 1. The summed E-state index contributed by atoms with van der Waals surface area (Å²) in [6, 6.07) is 4.15. The number of nitrogens with zero attached hydrogens (tertiary/aromatic N) is 1. The minimum Gasteiger partial charge on any atom is -0.356 e. The monoisotopic (exact) mass is 303 g/mol. The van der Waals surface area contributed by atoms with Crippen LogP contribution in [0, 0.1) is 11.2 Å². The molecule has 1 atom stereocenters. The van der Waals surface area contributed by atoms with E-state index in [1.165, 1.54) is 25.0 Å². The van der Waals surface area contributed by atoms with Crippen molar-refractivity contribution >= 4 is 16.9 Å². The van der Waals surface area contributed by atoms with E-state index in [4.69, 9.17) is 4.52 Å². The third-order valence-electron chi connectivity index (χ3n) is 5.07. The highest BCUT2D eigenvalue weighted by Gasteiger charge is 2.51. The van der Waals surface area contributed by atoms with Crippen LogP contribution in [0.5, 0.6) is 0 Å². The molecule has 5 nitrogen and oxygen atoms in total. The van der Waals surface area contributed by atoms with Gasteiger partial charge in [0.2, 0.25) is 5.91 Å². The number of fused-ring (bicyclic) bond motifs is 1. The first-order valence-electron chi connectivity index (χ1n) is 7.73. The maximum absolute atomic E-state index is 13.3. The topological polar surface area (TPSA) is 67.2 Å². The van der Waals surface area contributed by atoms with Gasteiger partial charge in [-0.3, -0.25) is 4.79 Å². The molecule has 1 spiro atoms. The number of nitrogens with one attached hydrogen (secondary N) is 2. The molecule has 4 rings (SSSR count). The van der Waals surface area contributed by atoms with E-state index in [9.17, 15) is 9.18 Å². The molecular formula is C16H18FN3O2. The molecule has 2 N–H and O–H groups in total. The molecule has 1 aliphatic heterocycles. The Balaban J connectivity index is 1.45. The quantitative estimate of drug-likeness (QED) is 0.911. The average molecular weight is 303 g/mol. The van der Waals surface area contributed by atoms with Crippen LogP contribution in [-0.4, -0.2) is 23.7 Å². The lowest BCUT2D eigenvalue weighted by atomic mass is 9.71. The summed E-state index contributed by atoms with van der Waals surface area (Å²) >= 11 is 0. The van der Waals surface area contributed by atoms with E-state index in [-0.39, 0.29) is 29.7 Å². The second-order valence-electron chi connectivity index (χ2n) is 6.37. The zero-order valence-corrected chi connectivity index (χ0v) is 12.2. The zero-order chi connectivity index (χ0) is 15.2. The number of carbonyl (C=O) groups excluding carboxylic acids is 1. The van der Waals surface area contributed by atoms with Crippen LogP contribution in [0.15, 0.2) is 22.7 Å². The number of hydrogen-bond donors (Lipinski definition) is 2. The highest BCUT2D eigenvalue weighted by molar-refractivity contribution is 5.85. The van der Waals surface area contributed by atoms with E-state index in [0.29, 0.717) is 16.7 Å². The molecule has 0 radical (unpaired) electrons. The van der Waals surface area contributed by atoms with Gasteiger partial charge in [-0.25, -0.2) is 4.39 Å². The molecule has 116 valence electrons. The van der Waals surface area contributed by atoms with Gasteiger partial charge in [-0.15, -0.1) is 0 Å². The van der Waals surface area contributed by atoms with E-state index in [1.54, 1.807) is 6.07 Å². The van der Waals surface area contributed by atoms with E-state index in [0.717, 1.165) is 19.4 Å². The smallest absolute Gasteiger partial charge is 0.238 e. The summed E-state index contributed by atoms with van der Waals surface area (Å²) < 4.78 is 18.5. The van der Waals surface area contributed by atoms with Crippen molar-refractivity contribution in [3.8, 4) is 0 Å². The summed E-state index contributed by atoms with van der Waals surface area (Å²) in [5, 5.41) is 10.7. The molecule has 1 aromatic carbocycles. The van der Waals surface area contributed by atoms with Crippen LogP contribution in [0.1, 0.15) is 31.4 Å². The number of halogens is 1. The lowest BCUT2D eigenvalue weighted by Gasteiger charge is -2.47. The Hall–Kier alpha value is -1.95. The number of rotatable bonds is 3. The van der Waals surface area contributed by atoms with Crippen LogP contribution >= 0.6 is 0 Å². The molecule has 1 saturated carbocycles. The SMILES string of the molecule is O=C(NCc1noc2ccc(F)cc12)[C@H]1NCC12CCCC2. The Labute approximate surface area is 127 Å². The van der Waals surface area contributed by atoms with Gasteiger partial charge in [0.05, 0.1) is 12.6 Å². The van der Waals surface area contributed by atoms with Crippen molar-refractivity contribution in [3.63, 3.8) is 0 Å². The number of aromatic nitrogens is 1. The van der Waals surface area contributed by atoms with Gasteiger partial charge in [0.25, 0.3) is 0 Å². The molecular weight excluding hydrogens is 285 g/mol. The lowest BCUT2D eigenvalue weighted by Crippen LogP contribution is -2.67. The van der Waals surface area contributed by atoms with Crippen molar-refractivity contribution in [1.82, 2.24) is 15.8 Å². The van der Waals surface area contributed by atoms with Crippen molar-refractivity contribution < 1.29 is 13.7 Å². The first-order valence-corrected chi connectivity index (χ1v) is 7.73. The number of carbonyl (C=O) groups is 1. The summed E-state index contributed by atoms with van der Waals surface area (Å²) in [5.74, 6) is -0.338. The molecule has 0 bridgehead atoms. The van der Waals surface area contributed by atoms with E-state index < -0.39 is 0 Å². The standard InChI is InChI=1S/C16H18FN3O2/c17-10-3-4-13-11(7-10)12(20-22-13)8-18-15(21)14-16(9-19-14)5-1-2-6-16/h3-4,7,14,19H,1-2,5-6,8-9H2,(H,18,21)/t14-/m1/s1. The highest BCUT2D eigenvalue weighted by atomic mass is 19.1. The normalized spacial score (nSPS) is 22.9. The van der Waals surface area contributed by atoms with Crippen LogP contribution in [-0.2, 0) is 11.3 Å². The van der Waals surface area contributed by atoms with Crippen molar-refractivity contribution in [2.24, 2.45) is 5.41 Å². The fourth-order valence-corrected chi connectivity index (χ4v) is 3.77. The molecule has 2 aliphatic rings. The van der Waals surface area contributed by atoms with Gasteiger partial charge in [0.15, 0.2) is 5.58 Å². The van der Waals surface area contributed by atoms with Gasteiger partial charge < -0.3 is 15.2 Å². The largest absolute Gasteiger partial charge is 0.356 e. The predicted octanol–water partition coefficient (Wildman–Crippen LogP) is 2.12. The summed E-state index contributed by atoms with van der Waals surface area (Å²) in [7, 11) is 0. The van der Waals surface area contributed by atoms with Gasteiger partial charge in [-0.1, -0.05) is 18.0 Å². The second-order valence-corrected chi connectivity index (χ2v) is 6.37. The minimum atomic E-state index is -0.339. The average Bonchev–Trinajstić information content (AvgIpc) is 3.12. The van der Waals surface area contributed by atoms with Gasteiger partial charge >= 0.3 is 0 Å². The fraction of sp³-hybridized carbons (Fsp3) is 0.500. The molecule has 1 aliphatic carbocycles. The van der Waals surface area contributed by atoms with Crippen LogP contribution in [0.25, 0.3) is 11.0 Å². The van der Waals surface area contributed by atoms with Gasteiger partial charge in [-0.2, -0.15) is 0 Å². The first-order chi connectivity index (χ1) is 10.7. The van der Waals surface area contributed by atoms with Crippen LogP contribution in [0.3, 0.4) is 0 Å². The predicted molar refractivity (Wildman–Crippen MR) is 78.5 cm³/mol. The maximum Gasteiger partial charge on any atom is 0.238 e. The Bertz CT molecular complexity index is 721. The molecule has 1 amide bonds. The molecule has 0 unspecified atom stereocenters. The van der Waals surface area contributed by atoms with E-state index >= 15 is 0 Å². The Morgan fingerprint density at radius 3 is 3.00 bits per heavy atom. The molecule has 1 aromatic heterocycles. The molecule has 2 heterocycles. The van der Waals surface area contributed by atoms with Gasteiger partial charge in [0.1, 0.15) is 11.5 Å². The van der Waals surface area contributed by atoms with Crippen molar-refractivity contribution in [2.75, 3.05) is 6.54 Å². The van der Waals surface area contributed by atoms with Crippen molar-refractivity contribution in [1.29, 1.82) is 0 Å². The fourth-order valence-electron chi connectivity index (χ4n) is 3.77. The Morgan fingerprint density at radius 1 is 1.45 bits per heavy atom. The van der Waals surface area contributed by atoms with E-state index in [2.05, 4.69) is 15.8 Å². The molecule has 2 fully saturated rings. The number of amides is 1. The van der Waals surface area contributed by atoms with Crippen LogP contribution in [0.2, 0.25) is 0 Å². The number of hydrogen-bond acceptors (Lipinski definition) is 4. The van der Waals surface area contributed by atoms with Crippen LogP contribution in [0.4, 0.5) is 4.39 Å². The van der Waals surface area contributed by atoms with Crippen molar-refractivity contribution in [3.05, 3.63) is 29.7 Å². The van der Waals surface area contributed by atoms with Gasteiger partial charge in [0, 0.05) is 17.3 Å². The highest BCUT2D eigenvalue weighted by Crippen LogP contribution is 2.45. The third-order valence-corrected chi connectivity index (χ3v) is 5.07. The summed E-state index contributed by atoms with van der Waals surface area (Å²) in [6.07, 6.45) is 4.66. The van der Waals surface area contributed by atoms with Crippen LogP contribution < -0.4 is 10.6 Å². The second kappa shape index (κ2) is 5.05. The third kappa shape index (κ3) is 2.09. The summed E-state index contributed by atoms with van der Waals surface area (Å²) in [6.45, 7) is 1.19. The molecule has 2 aromatic rings. The maximum atomic E-state index is 13.3. The zero-order valence-electron chi connectivity index (χ0n) is 12.2. The Kier molecular flexibility index (Phi) is 3.14. The lowest BCUT2D eigenvalue weighted by molar-refractivity contribution is -0.130. The summed E-state index contributed by atoms with van der Waals surface area (Å²) in [4.78, 5) is 12.4. The van der Waals surface area contributed by atoms with E-state index in [1.807, 2.05) is 0 Å². The molecule has 22 heavy (non-hydrogen) atoms. The molecule has 6 heteroatoms. The summed E-state index contributed by atoms with van der Waals surface area (Å²) in [5.41, 5.74) is 1.24. The Morgan fingerprint density at radius 2 is 2.27 bits per heavy atom.